The van der Waals surface area contributed by atoms with Gasteiger partial charge in [-0.25, -0.2) is 11.1 Å². The van der Waals surface area contributed by atoms with Gasteiger partial charge in [-0.3, -0.25) is 0 Å². The summed E-state index contributed by atoms with van der Waals surface area (Å²) in [6.07, 6.45) is 1.10. The Hall–Kier alpha value is -2.14. The van der Waals surface area contributed by atoms with E-state index in [4.69, 9.17) is 0 Å². The van der Waals surface area contributed by atoms with Crippen LogP contribution in [0.3, 0.4) is 0 Å². The molecule has 4 aromatic rings. The molecule has 4 aromatic carbocycles. The zero-order chi connectivity index (χ0) is 33.0. The quantitative estimate of drug-likeness (QED) is 0.177. The van der Waals surface area contributed by atoms with Gasteiger partial charge >= 0.3 is 0 Å². The number of rotatable bonds is 3. The standard InChI is InChI=1S/C13H10.C12H8.2C4H11N.C3H9N.2C2H6.Y/c1-3-7-12-10(5-1)9-11-6-2-4-8-13(11)12;1-3-7-11(8-4-1)12-9-5-2-6-10-12;2*1-4-5(2)3;1-4(2)3;2*1-2;/h1-8H,9H2;1-7,9H;2*4H2,1-3H3;1-3H3;2*1-2H3;/q;-2;;;;;;. The van der Waals surface area contributed by atoms with E-state index in [1.807, 2.05) is 102 Å². The van der Waals surface area contributed by atoms with Gasteiger partial charge in [-0.1, -0.05) is 90.1 Å². The predicted octanol–water partition coefficient (Wildman–Crippen LogP) is 9.58. The first-order valence-corrected chi connectivity index (χ1v) is 15.7. The second-order valence-electron chi connectivity index (χ2n) is 10.2. The summed E-state index contributed by atoms with van der Waals surface area (Å²) >= 11 is 0. The molecule has 0 bridgehead atoms. The Bertz CT molecular complexity index is 1050. The zero-order valence-electron chi connectivity index (χ0n) is 30.3. The fourth-order valence-electron chi connectivity index (χ4n) is 3.20. The second kappa shape index (κ2) is 30.9. The minimum absolute atomic E-state index is 0. The van der Waals surface area contributed by atoms with Crippen LogP contribution in [0.15, 0.2) is 97.1 Å². The molecule has 0 amide bonds. The van der Waals surface area contributed by atoms with Crippen LogP contribution in [0.1, 0.15) is 52.7 Å². The van der Waals surface area contributed by atoms with E-state index in [2.05, 4.69) is 113 Å². The Kier molecular flexibility index (Phi) is 32.5. The molecule has 3 nitrogen and oxygen atoms in total. The number of benzene rings is 4. The molecule has 0 fully saturated rings. The minimum Gasteiger partial charge on any atom is -0.312 e. The van der Waals surface area contributed by atoms with E-state index in [-0.39, 0.29) is 32.7 Å². The third-order valence-corrected chi connectivity index (χ3v) is 5.68. The maximum absolute atomic E-state index is 3.15. The predicted molar refractivity (Wildman–Crippen MR) is 195 cm³/mol. The SMILES string of the molecule is CC.CC.CCN(C)C.CCN(C)C.CN(C)C.[Y].[c-]1ccccc1-c1[c-]cccc1.c1ccc2c(c1)Cc1ccccc1-2. The summed E-state index contributed by atoms with van der Waals surface area (Å²) < 4.78 is 0. The molecule has 1 radical (unpaired) electrons. The van der Waals surface area contributed by atoms with Gasteiger partial charge in [-0.05, 0) is 91.1 Å². The minimum atomic E-state index is 0. The van der Waals surface area contributed by atoms with Gasteiger partial charge in [-0.15, -0.1) is 12.1 Å². The van der Waals surface area contributed by atoms with Crippen molar-refractivity contribution in [1.82, 2.24) is 14.7 Å². The molecular formula is C40H61N3Y-2. The Labute approximate surface area is 298 Å². The Balaban J connectivity index is -0.000000499. The number of hydrogen-bond acceptors (Lipinski definition) is 3. The first kappa shape index (κ1) is 46.3. The van der Waals surface area contributed by atoms with Gasteiger partial charge in [0.15, 0.2) is 0 Å². The van der Waals surface area contributed by atoms with Crippen molar-refractivity contribution in [3.8, 4) is 22.3 Å². The van der Waals surface area contributed by atoms with E-state index in [0.29, 0.717) is 0 Å². The van der Waals surface area contributed by atoms with Gasteiger partial charge in [-0.2, -0.15) is 48.5 Å². The van der Waals surface area contributed by atoms with Gasteiger partial charge in [0.05, 0.1) is 0 Å². The van der Waals surface area contributed by atoms with E-state index in [9.17, 15) is 0 Å². The molecule has 4 heteroatoms. The summed E-state index contributed by atoms with van der Waals surface area (Å²) in [7, 11) is 14.2. The van der Waals surface area contributed by atoms with Gasteiger partial charge in [0.25, 0.3) is 0 Å². The zero-order valence-corrected chi connectivity index (χ0v) is 33.1. The number of fused-ring (bicyclic) bond motifs is 3. The van der Waals surface area contributed by atoms with Crippen LogP contribution in [0.4, 0.5) is 0 Å². The molecule has 1 aliphatic carbocycles. The Morgan fingerprint density at radius 2 is 0.773 bits per heavy atom. The first-order chi connectivity index (χ1) is 20.7. The fraction of sp³-hybridized carbons (Fsp3) is 0.400. The molecule has 0 saturated heterocycles. The van der Waals surface area contributed by atoms with Crippen molar-refractivity contribution < 1.29 is 32.7 Å². The van der Waals surface area contributed by atoms with Gasteiger partial charge < -0.3 is 14.7 Å². The number of hydrogen-bond donors (Lipinski definition) is 0. The van der Waals surface area contributed by atoms with Crippen LogP contribution in [-0.2, 0) is 39.1 Å². The van der Waals surface area contributed by atoms with E-state index in [1.165, 1.54) is 22.3 Å². The molecule has 0 aliphatic heterocycles. The molecule has 241 valence electrons. The van der Waals surface area contributed by atoms with Crippen LogP contribution < -0.4 is 0 Å². The third-order valence-electron chi connectivity index (χ3n) is 5.68. The van der Waals surface area contributed by atoms with E-state index in [1.54, 1.807) is 0 Å². The van der Waals surface area contributed by atoms with Crippen molar-refractivity contribution in [2.75, 3.05) is 62.4 Å². The van der Waals surface area contributed by atoms with Crippen LogP contribution in [0.25, 0.3) is 22.3 Å². The molecule has 44 heavy (non-hydrogen) atoms. The smallest absolute Gasteiger partial charge is 0 e. The molecule has 0 aromatic heterocycles. The van der Waals surface area contributed by atoms with Crippen molar-refractivity contribution >= 4 is 0 Å². The average Bonchev–Trinajstić information content (AvgIpc) is 3.43. The molecular weight excluding hydrogens is 611 g/mol. The monoisotopic (exact) mass is 672 g/mol. The molecule has 0 heterocycles. The largest absolute Gasteiger partial charge is 0.312 e. The van der Waals surface area contributed by atoms with E-state index < -0.39 is 0 Å². The Morgan fingerprint density at radius 3 is 1.02 bits per heavy atom. The fourth-order valence-corrected chi connectivity index (χ4v) is 3.20. The maximum atomic E-state index is 3.15. The van der Waals surface area contributed by atoms with Crippen molar-refractivity contribution in [1.29, 1.82) is 0 Å². The van der Waals surface area contributed by atoms with Crippen molar-refractivity contribution in [3.63, 3.8) is 0 Å². The van der Waals surface area contributed by atoms with Crippen LogP contribution in [0, 0.1) is 12.1 Å². The van der Waals surface area contributed by atoms with Crippen LogP contribution >= 0.6 is 0 Å². The maximum Gasteiger partial charge on any atom is 0 e. The summed E-state index contributed by atoms with van der Waals surface area (Å²) in [6, 6.07) is 39.5. The summed E-state index contributed by atoms with van der Waals surface area (Å²) in [5, 5.41) is 0. The molecule has 1 aliphatic rings. The molecule has 0 unspecified atom stereocenters. The molecule has 0 saturated carbocycles. The average molecular weight is 673 g/mol. The normalized spacial score (nSPS) is 9.55. The molecule has 0 atom stereocenters. The topological polar surface area (TPSA) is 9.72 Å². The van der Waals surface area contributed by atoms with Gasteiger partial charge in [0, 0.05) is 32.7 Å². The number of nitrogens with zero attached hydrogens (tertiary/aromatic N) is 3. The molecule has 0 N–H and O–H groups in total. The van der Waals surface area contributed by atoms with Crippen molar-refractivity contribution in [2.45, 2.75) is 48.0 Å². The summed E-state index contributed by atoms with van der Waals surface area (Å²) in [5.41, 5.74) is 7.94. The van der Waals surface area contributed by atoms with Crippen LogP contribution in [0.2, 0.25) is 0 Å². The summed E-state index contributed by atoms with van der Waals surface area (Å²) in [5.74, 6) is 0. The van der Waals surface area contributed by atoms with Crippen molar-refractivity contribution in [3.05, 3.63) is 120 Å². The first-order valence-electron chi connectivity index (χ1n) is 15.7. The second-order valence-corrected chi connectivity index (χ2v) is 10.2. The van der Waals surface area contributed by atoms with Crippen molar-refractivity contribution in [2.24, 2.45) is 0 Å². The van der Waals surface area contributed by atoms with Gasteiger partial charge in [0.1, 0.15) is 0 Å². The summed E-state index contributed by atoms with van der Waals surface area (Å²) in [6.45, 7) is 14.5. The van der Waals surface area contributed by atoms with E-state index >= 15 is 0 Å². The summed E-state index contributed by atoms with van der Waals surface area (Å²) in [4.78, 5) is 6.25. The Morgan fingerprint density at radius 1 is 0.500 bits per heavy atom. The van der Waals surface area contributed by atoms with Crippen LogP contribution in [0.5, 0.6) is 0 Å². The van der Waals surface area contributed by atoms with E-state index in [0.717, 1.165) is 30.6 Å². The molecule has 5 rings (SSSR count). The van der Waals surface area contributed by atoms with Crippen LogP contribution in [-0.4, -0.2) is 77.1 Å². The third kappa shape index (κ3) is 22.4. The van der Waals surface area contributed by atoms with Gasteiger partial charge in [0.2, 0.25) is 0 Å². The molecule has 0 spiro atoms.